The maximum absolute atomic E-state index is 12.2. The lowest BCUT2D eigenvalue weighted by Crippen LogP contribution is -2.29. The first-order chi connectivity index (χ1) is 8.47. The van der Waals surface area contributed by atoms with Crippen LogP contribution in [0.5, 0.6) is 0 Å². The van der Waals surface area contributed by atoms with Gasteiger partial charge in [-0.25, -0.2) is 4.98 Å². The quantitative estimate of drug-likeness (QED) is 0.874. The minimum absolute atomic E-state index is 0.0378. The summed E-state index contributed by atoms with van der Waals surface area (Å²) in [6.45, 7) is 4.48. The van der Waals surface area contributed by atoms with E-state index in [-0.39, 0.29) is 24.0 Å². The molecule has 1 aromatic rings. The Kier molecular flexibility index (Phi) is 3.36. The van der Waals surface area contributed by atoms with Crippen LogP contribution in [-0.4, -0.2) is 40.0 Å². The van der Waals surface area contributed by atoms with Gasteiger partial charge in [0.25, 0.3) is 5.91 Å². The number of aryl methyl sites for hydroxylation is 2. The van der Waals surface area contributed by atoms with E-state index >= 15 is 0 Å². The van der Waals surface area contributed by atoms with E-state index in [0.717, 1.165) is 6.42 Å². The predicted octanol–water partition coefficient (Wildman–Crippen LogP) is 1.23. The first-order valence-corrected chi connectivity index (χ1v) is 5.92. The van der Waals surface area contributed by atoms with E-state index in [1.807, 2.05) is 0 Å². The molecule has 6 heteroatoms. The van der Waals surface area contributed by atoms with Crippen molar-refractivity contribution < 1.29 is 19.1 Å². The molecule has 98 valence electrons. The Balaban J connectivity index is 2.03. The third-order valence-electron chi connectivity index (χ3n) is 3.13. The molecule has 2 heterocycles. The molecule has 0 bridgehead atoms. The lowest BCUT2D eigenvalue weighted by Gasteiger charge is -2.14. The van der Waals surface area contributed by atoms with Gasteiger partial charge in [0.1, 0.15) is 0 Å². The number of carboxylic acid groups (broad SMARTS) is 1. The van der Waals surface area contributed by atoms with E-state index in [1.165, 1.54) is 0 Å². The average molecular weight is 252 g/mol. The zero-order chi connectivity index (χ0) is 13.3. The van der Waals surface area contributed by atoms with E-state index in [0.29, 0.717) is 24.7 Å². The summed E-state index contributed by atoms with van der Waals surface area (Å²) >= 11 is 0. The van der Waals surface area contributed by atoms with Gasteiger partial charge in [0.2, 0.25) is 5.76 Å². The van der Waals surface area contributed by atoms with Gasteiger partial charge in [-0.15, -0.1) is 0 Å². The fraction of sp³-hybridized carbons (Fsp3) is 0.583. The number of aliphatic carboxylic acids is 1. The number of amides is 1. The molecule has 0 aliphatic carbocycles. The average Bonchev–Trinajstić information content (AvgIpc) is 2.84. The van der Waals surface area contributed by atoms with Crippen LogP contribution in [0.25, 0.3) is 0 Å². The highest BCUT2D eigenvalue weighted by atomic mass is 16.4. The molecule has 1 unspecified atom stereocenters. The molecule has 1 amide bonds. The van der Waals surface area contributed by atoms with Crippen LogP contribution in [0, 0.1) is 19.8 Å². The molecule has 18 heavy (non-hydrogen) atoms. The van der Waals surface area contributed by atoms with Crippen LogP contribution in [0.2, 0.25) is 0 Å². The van der Waals surface area contributed by atoms with E-state index in [9.17, 15) is 9.59 Å². The van der Waals surface area contributed by atoms with Gasteiger partial charge in [0.05, 0.1) is 5.69 Å². The molecule has 1 aliphatic rings. The normalized spacial score (nSPS) is 19.2. The second-order valence-corrected chi connectivity index (χ2v) is 4.65. The van der Waals surface area contributed by atoms with E-state index in [1.54, 1.807) is 18.7 Å². The first-order valence-electron chi connectivity index (χ1n) is 5.92. The zero-order valence-corrected chi connectivity index (χ0v) is 10.5. The van der Waals surface area contributed by atoms with Crippen LogP contribution in [0.4, 0.5) is 0 Å². The Bertz CT molecular complexity index is 480. The number of likely N-dealkylation sites (tertiary alicyclic amines) is 1. The Labute approximate surface area is 105 Å². The van der Waals surface area contributed by atoms with Gasteiger partial charge in [-0.05, 0) is 19.3 Å². The molecule has 1 atom stereocenters. The molecular formula is C12H16N2O4. The number of hydrogen-bond donors (Lipinski definition) is 1. The van der Waals surface area contributed by atoms with Crippen molar-refractivity contribution in [1.29, 1.82) is 0 Å². The van der Waals surface area contributed by atoms with Crippen molar-refractivity contribution in [3.63, 3.8) is 0 Å². The number of oxazole rings is 1. The van der Waals surface area contributed by atoms with Crippen LogP contribution in [0.1, 0.15) is 35.0 Å². The molecule has 1 aromatic heterocycles. The Morgan fingerprint density at radius 2 is 2.22 bits per heavy atom. The zero-order valence-electron chi connectivity index (χ0n) is 10.5. The van der Waals surface area contributed by atoms with Crippen LogP contribution < -0.4 is 0 Å². The van der Waals surface area contributed by atoms with Crippen LogP contribution in [0.3, 0.4) is 0 Å². The lowest BCUT2D eigenvalue weighted by atomic mass is 10.1. The summed E-state index contributed by atoms with van der Waals surface area (Å²) in [6, 6.07) is 0. The molecule has 1 saturated heterocycles. The smallest absolute Gasteiger partial charge is 0.303 e. The highest BCUT2D eigenvalue weighted by Crippen LogP contribution is 2.22. The number of aromatic nitrogens is 1. The maximum Gasteiger partial charge on any atom is 0.303 e. The number of carbonyl (C=O) groups excluding carboxylic acids is 1. The minimum atomic E-state index is -0.819. The Morgan fingerprint density at radius 3 is 2.78 bits per heavy atom. The molecule has 2 rings (SSSR count). The van der Waals surface area contributed by atoms with Crippen LogP contribution in [0.15, 0.2) is 4.42 Å². The Hall–Kier alpha value is -1.85. The van der Waals surface area contributed by atoms with Crippen molar-refractivity contribution in [1.82, 2.24) is 9.88 Å². The van der Waals surface area contributed by atoms with Gasteiger partial charge in [-0.1, -0.05) is 0 Å². The van der Waals surface area contributed by atoms with Crippen molar-refractivity contribution in [3.8, 4) is 0 Å². The van der Waals surface area contributed by atoms with E-state index < -0.39 is 5.97 Å². The third-order valence-corrected chi connectivity index (χ3v) is 3.13. The second-order valence-electron chi connectivity index (χ2n) is 4.65. The molecule has 0 spiro atoms. The summed E-state index contributed by atoms with van der Waals surface area (Å²) in [6.07, 6.45) is 0.836. The molecule has 0 saturated carbocycles. The largest absolute Gasteiger partial charge is 0.481 e. The van der Waals surface area contributed by atoms with Crippen LogP contribution >= 0.6 is 0 Å². The molecule has 1 N–H and O–H groups in total. The van der Waals surface area contributed by atoms with E-state index in [2.05, 4.69) is 4.98 Å². The summed E-state index contributed by atoms with van der Waals surface area (Å²) in [5.41, 5.74) is 0.583. The number of nitrogens with zero attached hydrogens (tertiary/aromatic N) is 2. The van der Waals surface area contributed by atoms with E-state index in [4.69, 9.17) is 9.52 Å². The standard InChI is InChI=1S/C12H16N2O4/c1-7-11(18-8(2)13-7)12(17)14-4-3-9(6-14)5-10(15)16/h9H,3-6H2,1-2H3,(H,15,16). The van der Waals surface area contributed by atoms with Crippen LogP contribution in [-0.2, 0) is 4.79 Å². The summed E-state index contributed by atoms with van der Waals surface area (Å²) in [5.74, 6) is -0.238. The SMILES string of the molecule is Cc1nc(C)c(C(=O)N2CCC(CC(=O)O)C2)o1. The Morgan fingerprint density at radius 1 is 1.50 bits per heavy atom. The second kappa shape index (κ2) is 4.80. The number of hydrogen-bond acceptors (Lipinski definition) is 4. The topological polar surface area (TPSA) is 83.6 Å². The summed E-state index contributed by atoms with van der Waals surface area (Å²) in [5, 5.41) is 8.73. The fourth-order valence-electron chi connectivity index (χ4n) is 2.30. The third kappa shape index (κ3) is 2.52. The molecule has 0 radical (unpaired) electrons. The number of rotatable bonds is 3. The minimum Gasteiger partial charge on any atom is -0.481 e. The van der Waals surface area contributed by atoms with Crippen molar-refractivity contribution in [2.45, 2.75) is 26.7 Å². The van der Waals surface area contributed by atoms with Crippen molar-refractivity contribution >= 4 is 11.9 Å². The molecule has 1 aliphatic heterocycles. The first kappa shape index (κ1) is 12.6. The van der Waals surface area contributed by atoms with Gasteiger partial charge in [0, 0.05) is 26.4 Å². The number of carbonyl (C=O) groups is 2. The van der Waals surface area contributed by atoms with Gasteiger partial charge < -0.3 is 14.4 Å². The molecular weight excluding hydrogens is 236 g/mol. The molecule has 1 fully saturated rings. The highest BCUT2D eigenvalue weighted by Gasteiger charge is 2.30. The van der Waals surface area contributed by atoms with Gasteiger partial charge in [-0.2, -0.15) is 0 Å². The molecule has 6 nitrogen and oxygen atoms in total. The van der Waals surface area contributed by atoms with Gasteiger partial charge in [0.15, 0.2) is 5.89 Å². The lowest BCUT2D eigenvalue weighted by molar-refractivity contribution is -0.138. The van der Waals surface area contributed by atoms with Crippen molar-refractivity contribution in [2.24, 2.45) is 5.92 Å². The van der Waals surface area contributed by atoms with Crippen molar-refractivity contribution in [2.75, 3.05) is 13.1 Å². The van der Waals surface area contributed by atoms with Gasteiger partial charge >= 0.3 is 5.97 Å². The fourth-order valence-corrected chi connectivity index (χ4v) is 2.30. The maximum atomic E-state index is 12.2. The highest BCUT2D eigenvalue weighted by molar-refractivity contribution is 5.92. The summed E-state index contributed by atoms with van der Waals surface area (Å²) in [7, 11) is 0. The van der Waals surface area contributed by atoms with Crippen molar-refractivity contribution in [3.05, 3.63) is 17.3 Å². The summed E-state index contributed by atoms with van der Waals surface area (Å²) < 4.78 is 5.29. The molecule has 0 aromatic carbocycles. The monoisotopic (exact) mass is 252 g/mol. The summed E-state index contributed by atoms with van der Waals surface area (Å²) in [4.78, 5) is 28.5. The van der Waals surface area contributed by atoms with Gasteiger partial charge in [-0.3, -0.25) is 9.59 Å². The number of carboxylic acids is 1. The predicted molar refractivity (Wildman–Crippen MR) is 62.2 cm³/mol.